The van der Waals surface area contributed by atoms with Crippen molar-refractivity contribution in [2.75, 3.05) is 0 Å². The van der Waals surface area contributed by atoms with E-state index in [-0.39, 0.29) is 12.2 Å². The average Bonchev–Trinajstić information content (AvgIpc) is 3.22. The maximum Gasteiger partial charge on any atom is 0.312 e. The smallest absolute Gasteiger partial charge is 0.312 e. The van der Waals surface area contributed by atoms with E-state index in [1.165, 1.54) is 12.8 Å². The summed E-state index contributed by atoms with van der Waals surface area (Å²) in [7, 11) is 0. The maximum atomic E-state index is 11.8. The van der Waals surface area contributed by atoms with Gasteiger partial charge in [-0.05, 0) is 44.4 Å². The van der Waals surface area contributed by atoms with Crippen LogP contribution in [0.4, 0.5) is 0 Å². The number of rotatable bonds is 3. The molecule has 0 aromatic rings. The second kappa shape index (κ2) is 3.70. The molecule has 6 atom stereocenters. The van der Waals surface area contributed by atoms with Gasteiger partial charge in [0.2, 0.25) is 0 Å². The first-order valence-electron chi connectivity index (χ1n) is 7.25. The lowest BCUT2D eigenvalue weighted by Crippen LogP contribution is -2.42. The van der Waals surface area contributed by atoms with Crippen LogP contribution in [-0.2, 0) is 14.3 Å². The SMILES string of the molecule is O=C(O)C1(CC2CCCC3OC23)CCCC2OC21. The lowest BCUT2D eigenvalue weighted by Gasteiger charge is -2.34. The fourth-order valence-corrected chi connectivity index (χ4v) is 4.38. The predicted molar refractivity (Wildman–Crippen MR) is 63.2 cm³/mol. The molecule has 0 spiro atoms. The van der Waals surface area contributed by atoms with E-state index >= 15 is 0 Å². The highest BCUT2D eigenvalue weighted by molar-refractivity contribution is 5.76. The Kier molecular flexibility index (Phi) is 2.31. The average molecular weight is 252 g/mol. The highest BCUT2D eigenvalue weighted by Crippen LogP contribution is 2.55. The molecule has 0 aromatic heterocycles. The van der Waals surface area contributed by atoms with E-state index in [1.54, 1.807) is 0 Å². The molecule has 4 heteroatoms. The molecule has 2 saturated carbocycles. The molecule has 0 amide bonds. The summed E-state index contributed by atoms with van der Waals surface area (Å²) in [5.74, 6) is -0.194. The summed E-state index contributed by atoms with van der Waals surface area (Å²) in [6.45, 7) is 0. The van der Waals surface area contributed by atoms with Crippen LogP contribution in [0, 0.1) is 11.3 Å². The highest BCUT2D eigenvalue weighted by Gasteiger charge is 2.63. The van der Waals surface area contributed by atoms with E-state index < -0.39 is 11.4 Å². The van der Waals surface area contributed by atoms with Crippen molar-refractivity contribution in [3.63, 3.8) is 0 Å². The number of carbonyl (C=O) groups is 1. The first-order valence-corrected chi connectivity index (χ1v) is 7.25. The topological polar surface area (TPSA) is 62.4 Å². The van der Waals surface area contributed by atoms with Crippen LogP contribution in [0.2, 0.25) is 0 Å². The van der Waals surface area contributed by atoms with Crippen LogP contribution in [0.25, 0.3) is 0 Å². The zero-order valence-corrected chi connectivity index (χ0v) is 10.5. The zero-order chi connectivity index (χ0) is 12.3. The number of ether oxygens (including phenoxy) is 2. The minimum absolute atomic E-state index is 0.0112. The quantitative estimate of drug-likeness (QED) is 0.780. The highest BCUT2D eigenvalue weighted by atomic mass is 16.6. The van der Waals surface area contributed by atoms with Crippen LogP contribution in [0.1, 0.15) is 44.9 Å². The Balaban J connectivity index is 1.54. The number of aliphatic carboxylic acids is 1. The van der Waals surface area contributed by atoms with Crippen LogP contribution >= 0.6 is 0 Å². The predicted octanol–water partition coefficient (Wildman–Crippen LogP) is 1.97. The molecule has 100 valence electrons. The first kappa shape index (κ1) is 11.2. The van der Waals surface area contributed by atoms with Gasteiger partial charge in [0.05, 0.1) is 23.7 Å². The molecule has 4 aliphatic rings. The third-order valence-corrected chi connectivity index (χ3v) is 5.44. The molecule has 0 bridgehead atoms. The molecule has 2 heterocycles. The number of epoxide rings is 2. The molecule has 4 fully saturated rings. The number of hydrogen-bond donors (Lipinski definition) is 1. The second-order valence-electron chi connectivity index (χ2n) is 6.48. The third-order valence-electron chi connectivity index (χ3n) is 5.44. The molecule has 0 aromatic carbocycles. The van der Waals surface area contributed by atoms with E-state index in [2.05, 4.69) is 0 Å². The minimum Gasteiger partial charge on any atom is -0.481 e. The van der Waals surface area contributed by atoms with Crippen molar-refractivity contribution in [2.24, 2.45) is 11.3 Å². The Bertz CT molecular complexity index is 382. The summed E-state index contributed by atoms with van der Waals surface area (Å²) < 4.78 is 11.3. The summed E-state index contributed by atoms with van der Waals surface area (Å²) in [5.41, 5.74) is -0.610. The fourth-order valence-electron chi connectivity index (χ4n) is 4.38. The minimum atomic E-state index is -0.641. The first-order chi connectivity index (χ1) is 8.71. The van der Waals surface area contributed by atoms with Crippen molar-refractivity contribution in [3.8, 4) is 0 Å². The molecule has 0 radical (unpaired) electrons. The molecule has 2 saturated heterocycles. The van der Waals surface area contributed by atoms with Crippen LogP contribution in [0.15, 0.2) is 0 Å². The largest absolute Gasteiger partial charge is 0.481 e. The third kappa shape index (κ3) is 1.55. The van der Waals surface area contributed by atoms with Crippen molar-refractivity contribution >= 4 is 5.97 Å². The van der Waals surface area contributed by atoms with Gasteiger partial charge in [0.1, 0.15) is 6.10 Å². The zero-order valence-electron chi connectivity index (χ0n) is 10.5. The van der Waals surface area contributed by atoms with Crippen LogP contribution in [0.5, 0.6) is 0 Å². The summed E-state index contributed by atoms with van der Waals surface area (Å²) in [5, 5.41) is 9.70. The number of carboxylic acid groups (broad SMARTS) is 1. The lowest BCUT2D eigenvalue weighted by atomic mass is 9.66. The fraction of sp³-hybridized carbons (Fsp3) is 0.929. The van der Waals surface area contributed by atoms with E-state index in [0.717, 1.165) is 32.1 Å². The normalized spacial score (nSPS) is 53.2. The number of fused-ring (bicyclic) bond motifs is 2. The van der Waals surface area contributed by atoms with Crippen molar-refractivity contribution in [2.45, 2.75) is 69.4 Å². The van der Waals surface area contributed by atoms with Crippen LogP contribution in [-0.4, -0.2) is 35.5 Å². The monoisotopic (exact) mass is 252 g/mol. The molecule has 4 nitrogen and oxygen atoms in total. The number of hydrogen-bond acceptors (Lipinski definition) is 3. The van der Waals surface area contributed by atoms with Crippen LogP contribution < -0.4 is 0 Å². The van der Waals surface area contributed by atoms with Gasteiger partial charge in [0.25, 0.3) is 0 Å². The van der Waals surface area contributed by atoms with Crippen molar-refractivity contribution in [1.82, 2.24) is 0 Å². The Morgan fingerprint density at radius 2 is 2.00 bits per heavy atom. The second-order valence-corrected chi connectivity index (χ2v) is 6.48. The molecule has 4 rings (SSSR count). The van der Waals surface area contributed by atoms with Gasteiger partial charge in [-0.15, -0.1) is 0 Å². The van der Waals surface area contributed by atoms with Crippen molar-refractivity contribution in [3.05, 3.63) is 0 Å². The van der Waals surface area contributed by atoms with Crippen LogP contribution in [0.3, 0.4) is 0 Å². The molecule has 2 aliphatic heterocycles. The lowest BCUT2D eigenvalue weighted by molar-refractivity contribution is -0.153. The van der Waals surface area contributed by atoms with Gasteiger partial charge in [-0.25, -0.2) is 0 Å². The van der Waals surface area contributed by atoms with Gasteiger partial charge < -0.3 is 14.6 Å². The summed E-state index contributed by atoms with van der Waals surface area (Å²) in [6.07, 6.45) is 8.11. The molecule has 6 unspecified atom stereocenters. The van der Waals surface area contributed by atoms with E-state index in [0.29, 0.717) is 18.1 Å². The summed E-state index contributed by atoms with van der Waals surface area (Å²) in [6, 6.07) is 0. The Morgan fingerprint density at radius 3 is 2.83 bits per heavy atom. The Hall–Kier alpha value is -0.610. The molecular formula is C14H20O4. The number of carboxylic acids is 1. The van der Waals surface area contributed by atoms with Gasteiger partial charge in [-0.2, -0.15) is 0 Å². The molecular weight excluding hydrogens is 232 g/mol. The summed E-state index contributed by atoms with van der Waals surface area (Å²) in [4.78, 5) is 11.8. The maximum absolute atomic E-state index is 11.8. The van der Waals surface area contributed by atoms with E-state index in [4.69, 9.17) is 9.47 Å². The molecule has 1 N–H and O–H groups in total. The van der Waals surface area contributed by atoms with Gasteiger partial charge in [-0.1, -0.05) is 6.42 Å². The van der Waals surface area contributed by atoms with E-state index in [9.17, 15) is 9.90 Å². The van der Waals surface area contributed by atoms with Gasteiger partial charge in [0, 0.05) is 0 Å². The van der Waals surface area contributed by atoms with Gasteiger partial charge in [0.15, 0.2) is 0 Å². The van der Waals surface area contributed by atoms with Crippen molar-refractivity contribution < 1.29 is 19.4 Å². The molecule has 2 aliphatic carbocycles. The van der Waals surface area contributed by atoms with Crippen molar-refractivity contribution in [1.29, 1.82) is 0 Å². The Labute approximate surface area is 107 Å². The van der Waals surface area contributed by atoms with Gasteiger partial charge in [-0.3, -0.25) is 4.79 Å². The molecule has 18 heavy (non-hydrogen) atoms. The van der Waals surface area contributed by atoms with Gasteiger partial charge >= 0.3 is 5.97 Å². The Morgan fingerprint density at radius 1 is 1.17 bits per heavy atom. The summed E-state index contributed by atoms with van der Waals surface area (Å²) >= 11 is 0. The standard InChI is InChI=1S/C14H20O4/c15-13(16)14(6-2-5-10-12(14)18-10)7-8-3-1-4-9-11(8)17-9/h8-12H,1-7H2,(H,15,16). The van der Waals surface area contributed by atoms with E-state index in [1.807, 2.05) is 0 Å².